The van der Waals surface area contributed by atoms with E-state index in [1.165, 1.54) is 15.6 Å². The number of hydrogen-bond acceptors (Lipinski definition) is 11. The summed E-state index contributed by atoms with van der Waals surface area (Å²) < 4.78 is 12.5. The molecule has 2 aliphatic heterocycles. The van der Waals surface area contributed by atoms with E-state index in [1.807, 2.05) is 6.07 Å². The maximum Gasteiger partial charge on any atom is 0.409 e. The largest absolute Gasteiger partial charge is 0.467 e. The number of likely N-dealkylation sites (tertiary alicyclic amines) is 1. The predicted octanol–water partition coefficient (Wildman–Crippen LogP) is 0.456. The van der Waals surface area contributed by atoms with Gasteiger partial charge in [0.15, 0.2) is 18.1 Å². The minimum Gasteiger partial charge on any atom is -0.467 e. The van der Waals surface area contributed by atoms with Gasteiger partial charge in [-0.15, -0.1) is 10.2 Å². The van der Waals surface area contributed by atoms with Gasteiger partial charge in [-0.1, -0.05) is 23.4 Å². The van der Waals surface area contributed by atoms with Crippen molar-refractivity contribution in [3.05, 3.63) is 47.9 Å². The number of aromatic amines is 1. The number of piperazine rings is 1. The maximum atomic E-state index is 13.8. The molecule has 0 radical (unpaired) electrons. The molecule has 4 heterocycles. The first kappa shape index (κ1) is 35.3. The zero-order chi connectivity index (χ0) is 35.7. The summed E-state index contributed by atoms with van der Waals surface area (Å²) in [4.78, 5) is 70.6. The van der Waals surface area contributed by atoms with Gasteiger partial charge in [0, 0.05) is 51.3 Å². The molecule has 1 aromatic carbocycles. The van der Waals surface area contributed by atoms with E-state index in [4.69, 9.17) is 9.47 Å². The van der Waals surface area contributed by atoms with Crippen molar-refractivity contribution in [3.8, 4) is 11.6 Å². The molecule has 3 aliphatic rings. The maximum absolute atomic E-state index is 13.8. The standard InChI is InChI=1S/C33H43N11O7/c1-2-50-33(49)42-18-16-41(17-19-42)32(48)24(13-14-27-36-39-40-37-27)35-30(46)25-20-29(44(38-25)23-10-4-3-5-11-23)51-21-28(45)43-15-7-12-26(43)31(47)34-22-8-6-9-22/h3-5,10-11,20,22,24,26H,2,6-9,12-19,21H2,1H3,(H,34,47)(H,35,46)(H,36,37,39,40)/t24-,26-/m0/s1. The van der Waals surface area contributed by atoms with Crippen molar-refractivity contribution in [2.24, 2.45) is 0 Å². The second-order valence-corrected chi connectivity index (χ2v) is 12.7. The number of ether oxygens (including phenoxy) is 2. The summed E-state index contributed by atoms with van der Waals surface area (Å²) in [6.07, 6.45) is 4.29. The van der Waals surface area contributed by atoms with Crippen LogP contribution in [0.5, 0.6) is 5.88 Å². The number of nitrogens with zero attached hydrogens (tertiary/aromatic N) is 8. The molecule has 51 heavy (non-hydrogen) atoms. The van der Waals surface area contributed by atoms with Crippen molar-refractivity contribution >= 4 is 29.7 Å². The average molecular weight is 706 g/mol. The molecule has 2 saturated heterocycles. The third kappa shape index (κ3) is 8.61. The van der Waals surface area contributed by atoms with Crippen LogP contribution in [0.3, 0.4) is 0 Å². The molecule has 1 saturated carbocycles. The van der Waals surface area contributed by atoms with Gasteiger partial charge in [-0.25, -0.2) is 9.48 Å². The quantitative estimate of drug-likeness (QED) is 0.222. The van der Waals surface area contributed by atoms with Crippen molar-refractivity contribution in [1.29, 1.82) is 0 Å². The lowest BCUT2D eigenvalue weighted by molar-refractivity contribution is -0.140. The van der Waals surface area contributed by atoms with Gasteiger partial charge in [-0.2, -0.15) is 10.3 Å². The second kappa shape index (κ2) is 16.4. The van der Waals surface area contributed by atoms with E-state index < -0.39 is 24.1 Å². The van der Waals surface area contributed by atoms with E-state index in [1.54, 1.807) is 41.0 Å². The third-order valence-corrected chi connectivity index (χ3v) is 9.35. The van der Waals surface area contributed by atoms with E-state index >= 15 is 0 Å². The van der Waals surface area contributed by atoms with E-state index in [9.17, 15) is 24.0 Å². The summed E-state index contributed by atoms with van der Waals surface area (Å²) >= 11 is 0. The molecular weight excluding hydrogens is 662 g/mol. The van der Waals surface area contributed by atoms with Crippen molar-refractivity contribution < 1.29 is 33.4 Å². The van der Waals surface area contributed by atoms with E-state index in [0.29, 0.717) is 44.0 Å². The number of carbonyl (C=O) groups is 5. The smallest absolute Gasteiger partial charge is 0.409 e. The van der Waals surface area contributed by atoms with Crippen LogP contribution in [-0.4, -0.2) is 139 Å². The van der Waals surface area contributed by atoms with Crippen LogP contribution in [0.1, 0.15) is 61.8 Å². The summed E-state index contributed by atoms with van der Waals surface area (Å²) in [5.74, 6) is -0.930. The van der Waals surface area contributed by atoms with Crippen LogP contribution in [0.2, 0.25) is 0 Å². The molecule has 3 N–H and O–H groups in total. The van der Waals surface area contributed by atoms with Crippen LogP contribution in [0.4, 0.5) is 4.79 Å². The Hall–Kier alpha value is -5.55. The van der Waals surface area contributed by atoms with Crippen LogP contribution >= 0.6 is 0 Å². The Morgan fingerprint density at radius 1 is 0.980 bits per heavy atom. The van der Waals surface area contributed by atoms with Crippen molar-refractivity contribution in [3.63, 3.8) is 0 Å². The molecule has 1 aliphatic carbocycles. The van der Waals surface area contributed by atoms with Crippen molar-refractivity contribution in [2.75, 3.05) is 45.9 Å². The number of H-pyrrole nitrogens is 1. The molecular formula is C33H43N11O7. The third-order valence-electron chi connectivity index (χ3n) is 9.35. The Morgan fingerprint density at radius 3 is 2.43 bits per heavy atom. The summed E-state index contributed by atoms with van der Waals surface area (Å²) in [6.45, 7) is 3.18. The first-order valence-electron chi connectivity index (χ1n) is 17.4. The van der Waals surface area contributed by atoms with Gasteiger partial charge in [-0.05, 0) is 57.6 Å². The highest BCUT2D eigenvalue weighted by Gasteiger charge is 2.36. The Bertz CT molecular complexity index is 1670. The van der Waals surface area contributed by atoms with E-state index in [-0.39, 0.29) is 74.5 Å². The van der Waals surface area contributed by atoms with Gasteiger partial charge in [-0.3, -0.25) is 19.2 Å². The minimum atomic E-state index is -0.976. The SMILES string of the molecule is CCOC(=O)N1CCN(C(=O)[C@H](CCc2nn[nH]n2)NC(=O)c2cc(OCC(=O)N3CCC[C@H]3C(=O)NC3CCC3)n(-c3ccccc3)n2)CC1. The Morgan fingerprint density at radius 2 is 1.75 bits per heavy atom. The van der Waals surface area contributed by atoms with Crippen LogP contribution in [0, 0.1) is 0 Å². The topological polar surface area (TPSA) is 210 Å². The summed E-state index contributed by atoms with van der Waals surface area (Å²) in [6, 6.07) is 9.05. The summed E-state index contributed by atoms with van der Waals surface area (Å²) in [7, 11) is 0. The summed E-state index contributed by atoms with van der Waals surface area (Å²) in [5, 5.41) is 24.2. The minimum absolute atomic E-state index is 0.0373. The predicted molar refractivity (Wildman–Crippen MR) is 179 cm³/mol. The number of tetrazole rings is 1. The highest BCUT2D eigenvalue weighted by Crippen LogP contribution is 2.24. The number of nitrogens with one attached hydrogen (secondary N) is 3. The average Bonchev–Trinajstić information content (AvgIpc) is 3.93. The van der Waals surface area contributed by atoms with Gasteiger partial charge in [0.25, 0.3) is 11.8 Å². The lowest BCUT2D eigenvalue weighted by Crippen LogP contribution is -2.56. The van der Waals surface area contributed by atoms with Crippen molar-refractivity contribution in [1.82, 2.24) is 55.7 Å². The molecule has 2 aromatic heterocycles. The highest BCUT2D eigenvalue weighted by atomic mass is 16.6. The fourth-order valence-corrected chi connectivity index (χ4v) is 6.33. The van der Waals surface area contributed by atoms with Crippen LogP contribution in [-0.2, 0) is 25.5 Å². The lowest BCUT2D eigenvalue weighted by atomic mass is 9.93. The number of aryl methyl sites for hydroxylation is 1. The number of amides is 5. The molecule has 18 nitrogen and oxygen atoms in total. The molecule has 18 heteroatoms. The molecule has 2 atom stereocenters. The van der Waals surface area contributed by atoms with Crippen LogP contribution < -0.4 is 15.4 Å². The zero-order valence-electron chi connectivity index (χ0n) is 28.5. The monoisotopic (exact) mass is 705 g/mol. The summed E-state index contributed by atoms with van der Waals surface area (Å²) in [5.41, 5.74) is 0.548. The first-order valence-corrected chi connectivity index (χ1v) is 17.4. The zero-order valence-corrected chi connectivity index (χ0v) is 28.5. The number of aromatic nitrogens is 6. The van der Waals surface area contributed by atoms with Crippen LogP contribution in [0.25, 0.3) is 5.69 Å². The van der Waals surface area contributed by atoms with Gasteiger partial charge in [0.1, 0.15) is 12.1 Å². The fraction of sp³-hybridized carbons (Fsp3) is 0.545. The number of carbonyl (C=O) groups excluding carboxylic acids is 5. The molecule has 6 rings (SSSR count). The Labute approximate surface area is 294 Å². The molecule has 0 spiro atoms. The Kier molecular flexibility index (Phi) is 11.4. The van der Waals surface area contributed by atoms with Crippen LogP contribution in [0.15, 0.2) is 36.4 Å². The first-order chi connectivity index (χ1) is 24.8. The van der Waals surface area contributed by atoms with E-state index in [2.05, 4.69) is 36.4 Å². The molecule has 5 amide bonds. The van der Waals surface area contributed by atoms with Gasteiger partial charge in [0.05, 0.1) is 12.3 Å². The molecule has 0 unspecified atom stereocenters. The van der Waals surface area contributed by atoms with Gasteiger partial charge in [0.2, 0.25) is 17.7 Å². The second-order valence-electron chi connectivity index (χ2n) is 12.7. The number of para-hydroxylation sites is 1. The molecule has 272 valence electrons. The molecule has 3 fully saturated rings. The molecule has 3 aromatic rings. The lowest BCUT2D eigenvalue weighted by Gasteiger charge is -2.35. The fourth-order valence-electron chi connectivity index (χ4n) is 6.33. The highest BCUT2D eigenvalue weighted by molar-refractivity contribution is 5.96. The molecule has 0 bridgehead atoms. The van der Waals surface area contributed by atoms with E-state index in [0.717, 1.165) is 19.3 Å². The normalized spacial score (nSPS) is 18.1. The Balaban J connectivity index is 1.15. The number of rotatable bonds is 13. The van der Waals surface area contributed by atoms with Gasteiger partial charge < -0.3 is 34.8 Å². The van der Waals surface area contributed by atoms with Crippen molar-refractivity contribution in [2.45, 2.75) is 70.0 Å². The number of benzene rings is 1. The van der Waals surface area contributed by atoms with Gasteiger partial charge >= 0.3 is 6.09 Å². The number of hydrogen-bond donors (Lipinski definition) is 3.